The monoisotopic (exact) mass is 186 g/mol. The van der Waals surface area contributed by atoms with Crippen LogP contribution in [0.4, 0.5) is 17.6 Å². The second-order valence-electron chi connectivity index (χ2n) is 1.56. The Kier molecular flexibility index (Phi) is 11.3. The van der Waals surface area contributed by atoms with Gasteiger partial charge < -0.3 is 4.74 Å². The van der Waals surface area contributed by atoms with E-state index in [-0.39, 0.29) is 0 Å². The Labute approximate surface area is 68.3 Å². The molecule has 0 aliphatic heterocycles. The lowest BCUT2D eigenvalue weighted by Gasteiger charge is -1.90. The third-order valence-corrected chi connectivity index (χ3v) is 0.583. The average Bonchev–Trinajstić information content (AvgIpc) is 2.02. The van der Waals surface area contributed by atoms with Gasteiger partial charge in [0.05, 0.1) is 12.9 Å². The van der Waals surface area contributed by atoms with Gasteiger partial charge in [0.15, 0.2) is 0 Å². The predicted octanol–water partition coefficient (Wildman–Crippen LogP) is 3.55. The second kappa shape index (κ2) is 10.0. The van der Waals surface area contributed by atoms with E-state index in [1.54, 1.807) is 0 Å². The summed E-state index contributed by atoms with van der Waals surface area (Å²) in [4.78, 5) is 0. The van der Waals surface area contributed by atoms with Gasteiger partial charge in [-0.3, -0.25) is 0 Å². The molecule has 0 saturated carbocycles. The first kappa shape index (κ1) is 13.6. The molecule has 0 heterocycles. The Balaban J connectivity index is 0. The molecule has 0 aliphatic rings. The van der Waals surface area contributed by atoms with Crippen molar-refractivity contribution in [1.29, 1.82) is 0 Å². The second-order valence-corrected chi connectivity index (χ2v) is 1.56. The van der Waals surface area contributed by atoms with E-state index < -0.39 is 12.2 Å². The van der Waals surface area contributed by atoms with Gasteiger partial charge in [-0.25, -0.2) is 0 Å². The van der Waals surface area contributed by atoms with E-state index >= 15 is 0 Å². The lowest BCUT2D eigenvalue weighted by Crippen LogP contribution is -1.79. The summed E-state index contributed by atoms with van der Waals surface area (Å²) >= 11 is 0. The van der Waals surface area contributed by atoms with E-state index in [1.165, 1.54) is 6.26 Å². The van der Waals surface area contributed by atoms with Crippen molar-refractivity contribution in [3.63, 3.8) is 0 Å². The highest BCUT2D eigenvalue weighted by molar-refractivity contribution is 4.77. The van der Waals surface area contributed by atoms with Crippen molar-refractivity contribution in [3.05, 3.63) is 25.0 Å². The van der Waals surface area contributed by atoms with E-state index in [1.807, 2.05) is 0 Å². The van der Waals surface area contributed by atoms with Crippen LogP contribution in [0.3, 0.4) is 0 Å². The molecule has 0 atom stereocenters. The number of halogens is 4. The van der Waals surface area contributed by atoms with Gasteiger partial charge in [-0.2, -0.15) is 17.6 Å². The van der Waals surface area contributed by atoms with Crippen molar-refractivity contribution in [2.24, 2.45) is 0 Å². The van der Waals surface area contributed by atoms with Crippen LogP contribution < -0.4 is 0 Å². The van der Waals surface area contributed by atoms with Gasteiger partial charge in [-0.1, -0.05) is 13.5 Å². The van der Waals surface area contributed by atoms with Crippen molar-refractivity contribution in [2.45, 2.75) is 13.3 Å². The summed E-state index contributed by atoms with van der Waals surface area (Å²) < 4.78 is 45.9. The van der Waals surface area contributed by atoms with E-state index in [4.69, 9.17) is 4.74 Å². The Morgan fingerprint density at radius 3 is 1.75 bits per heavy atom. The topological polar surface area (TPSA) is 9.23 Å². The fourth-order valence-electron chi connectivity index (χ4n) is 0.201. The summed E-state index contributed by atoms with van der Waals surface area (Å²) in [5, 5.41) is 0. The number of rotatable bonds is 3. The van der Waals surface area contributed by atoms with Crippen molar-refractivity contribution < 1.29 is 22.3 Å². The number of hydrogen-bond donors (Lipinski definition) is 0. The highest BCUT2D eigenvalue weighted by atomic mass is 19.3. The van der Waals surface area contributed by atoms with Gasteiger partial charge in [0.25, 0.3) is 0 Å². The molecular formula is C7H10F4O. The molecule has 0 rings (SSSR count). The fourth-order valence-corrected chi connectivity index (χ4v) is 0.201. The average molecular weight is 186 g/mol. The Hall–Kier alpha value is -1.00. The van der Waals surface area contributed by atoms with E-state index in [2.05, 4.69) is 13.5 Å². The van der Waals surface area contributed by atoms with E-state index in [0.29, 0.717) is 0 Å². The Morgan fingerprint density at radius 1 is 1.25 bits per heavy atom. The third kappa shape index (κ3) is 16.0. The fraction of sp³-hybridized carbons (Fsp3) is 0.429. The molecule has 72 valence electrons. The highest BCUT2D eigenvalue weighted by Gasteiger charge is 1.98. The number of ether oxygens (including phenoxy) is 1. The van der Waals surface area contributed by atoms with Crippen LogP contribution >= 0.6 is 0 Å². The molecule has 0 aromatic heterocycles. The molecule has 0 N–H and O–H groups in total. The lowest BCUT2D eigenvalue weighted by molar-refractivity contribution is 0.251. The quantitative estimate of drug-likeness (QED) is 0.372. The maximum atomic E-state index is 10.3. The minimum atomic E-state index is -2.91. The van der Waals surface area contributed by atoms with Crippen molar-refractivity contribution in [2.75, 3.05) is 6.61 Å². The van der Waals surface area contributed by atoms with Crippen LogP contribution in [0, 0.1) is 0 Å². The zero-order valence-electron chi connectivity index (χ0n) is 6.62. The molecule has 0 saturated heterocycles. The molecule has 5 heteroatoms. The van der Waals surface area contributed by atoms with Crippen molar-refractivity contribution >= 4 is 0 Å². The molecule has 12 heavy (non-hydrogen) atoms. The van der Waals surface area contributed by atoms with Gasteiger partial charge >= 0.3 is 12.2 Å². The van der Waals surface area contributed by atoms with Crippen LogP contribution in [-0.2, 0) is 4.74 Å². The largest absolute Gasteiger partial charge is 0.502 e. The van der Waals surface area contributed by atoms with Gasteiger partial charge in [-0.05, 0) is 6.42 Å². The summed E-state index contributed by atoms with van der Waals surface area (Å²) in [5.74, 6) is 0. The smallest absolute Gasteiger partial charge is 0.334 e. The highest BCUT2D eigenvalue weighted by Crippen LogP contribution is 2.08. The summed E-state index contributed by atoms with van der Waals surface area (Å²) in [6.45, 7) is 6.23. The predicted molar refractivity (Wildman–Crippen MR) is 37.9 cm³/mol. The minimum Gasteiger partial charge on any atom is -0.502 e. The molecule has 0 amide bonds. The van der Waals surface area contributed by atoms with Crippen LogP contribution in [-0.4, -0.2) is 6.61 Å². The number of hydrogen-bond acceptors (Lipinski definition) is 1. The van der Waals surface area contributed by atoms with E-state index in [9.17, 15) is 17.6 Å². The summed E-state index contributed by atoms with van der Waals surface area (Å²) in [7, 11) is 0. The third-order valence-electron chi connectivity index (χ3n) is 0.583. The van der Waals surface area contributed by atoms with Crippen LogP contribution in [0.15, 0.2) is 25.0 Å². The van der Waals surface area contributed by atoms with Crippen LogP contribution in [0.25, 0.3) is 0 Å². The molecule has 0 aliphatic carbocycles. The standard InChI is InChI=1S/C5H10O.C2F4/c1-3-5-6-4-2;3-1(4)2(5)6/h4H,2-3,5H2,1H3;. The molecule has 0 aromatic carbocycles. The zero-order valence-corrected chi connectivity index (χ0v) is 6.62. The van der Waals surface area contributed by atoms with Gasteiger partial charge in [0.2, 0.25) is 0 Å². The lowest BCUT2D eigenvalue weighted by atomic mass is 10.5. The molecule has 0 unspecified atom stereocenters. The minimum absolute atomic E-state index is 0.795. The van der Waals surface area contributed by atoms with Crippen LogP contribution in [0.2, 0.25) is 0 Å². The van der Waals surface area contributed by atoms with Crippen molar-refractivity contribution in [3.8, 4) is 0 Å². The Bertz CT molecular complexity index is 126. The molecule has 0 fully saturated rings. The molecule has 1 nitrogen and oxygen atoms in total. The first-order valence-electron chi connectivity index (χ1n) is 3.15. The summed E-state index contributed by atoms with van der Waals surface area (Å²) in [6.07, 6.45) is -3.29. The van der Waals surface area contributed by atoms with Gasteiger partial charge in [0, 0.05) is 0 Å². The van der Waals surface area contributed by atoms with E-state index in [0.717, 1.165) is 13.0 Å². The molecule has 0 aromatic rings. The maximum Gasteiger partial charge on any atom is 0.334 e. The molecule has 0 bridgehead atoms. The first-order valence-corrected chi connectivity index (χ1v) is 3.15. The normalized spacial score (nSPS) is 7.75. The molecule has 0 spiro atoms. The summed E-state index contributed by atoms with van der Waals surface area (Å²) in [6, 6.07) is 0. The molecule has 0 radical (unpaired) electrons. The Morgan fingerprint density at radius 2 is 1.67 bits per heavy atom. The SMILES string of the molecule is C=COCCC.FC(F)=C(F)F. The maximum absolute atomic E-state index is 10.3. The van der Waals surface area contributed by atoms with Crippen molar-refractivity contribution in [1.82, 2.24) is 0 Å². The van der Waals surface area contributed by atoms with Crippen LogP contribution in [0.1, 0.15) is 13.3 Å². The molecular weight excluding hydrogens is 176 g/mol. The van der Waals surface area contributed by atoms with Crippen LogP contribution in [0.5, 0.6) is 0 Å². The first-order chi connectivity index (χ1) is 5.56. The van der Waals surface area contributed by atoms with Gasteiger partial charge in [-0.15, -0.1) is 0 Å². The summed E-state index contributed by atoms with van der Waals surface area (Å²) in [5.41, 5.74) is 0. The zero-order chi connectivity index (χ0) is 9.98. The van der Waals surface area contributed by atoms with Gasteiger partial charge in [0.1, 0.15) is 0 Å².